The number of hydrogen-bond acceptors (Lipinski definition) is 6. The molecule has 0 aliphatic heterocycles. The molecular weight excluding hydrogens is 287 g/mol. The van der Waals surface area contributed by atoms with Crippen molar-refractivity contribution in [3.05, 3.63) is 54.3 Å². The predicted molar refractivity (Wildman–Crippen MR) is 75.6 cm³/mol. The Labute approximate surface area is 126 Å². The maximum Gasteiger partial charge on any atom is 0.250 e. The monoisotopic (exact) mass is 300 g/mol. The van der Waals surface area contributed by atoms with E-state index in [4.69, 9.17) is 9.15 Å². The first kappa shape index (κ1) is 14.1. The molecule has 3 heterocycles. The van der Waals surface area contributed by atoms with Gasteiger partial charge < -0.3 is 9.15 Å². The third-order valence-corrected chi connectivity index (χ3v) is 2.86. The Bertz CT molecular complexity index is 729. The topological polar surface area (TPSA) is 73.9 Å². The molecule has 1 unspecified atom stereocenters. The van der Waals surface area contributed by atoms with E-state index < -0.39 is 6.17 Å². The lowest BCUT2D eigenvalue weighted by Gasteiger charge is -2.04. The van der Waals surface area contributed by atoms with Gasteiger partial charge in [0, 0.05) is 18.5 Å². The van der Waals surface area contributed by atoms with Crippen LogP contribution in [0.2, 0.25) is 0 Å². The van der Waals surface area contributed by atoms with Crippen molar-refractivity contribution in [3.63, 3.8) is 0 Å². The Morgan fingerprint density at radius 3 is 2.73 bits per heavy atom. The van der Waals surface area contributed by atoms with Crippen molar-refractivity contribution in [2.75, 3.05) is 0 Å². The molecule has 7 heteroatoms. The van der Waals surface area contributed by atoms with Crippen LogP contribution in [-0.2, 0) is 6.61 Å². The third kappa shape index (κ3) is 3.25. The van der Waals surface area contributed by atoms with Crippen molar-refractivity contribution in [3.8, 4) is 17.3 Å². The van der Waals surface area contributed by atoms with Crippen LogP contribution in [0.1, 0.15) is 24.7 Å². The summed E-state index contributed by atoms with van der Waals surface area (Å²) in [5.41, 5.74) is 1.36. The molecule has 0 aliphatic carbocycles. The Morgan fingerprint density at radius 2 is 2.09 bits per heavy atom. The minimum Gasteiger partial charge on any atom is -0.471 e. The summed E-state index contributed by atoms with van der Waals surface area (Å²) in [6.07, 6.45) is 1.95. The second-order valence-electron chi connectivity index (χ2n) is 4.56. The first-order valence-electron chi connectivity index (χ1n) is 6.69. The van der Waals surface area contributed by atoms with Gasteiger partial charge in [-0.25, -0.2) is 9.37 Å². The number of aromatic nitrogens is 4. The lowest BCUT2D eigenvalue weighted by Crippen LogP contribution is -1.99. The van der Waals surface area contributed by atoms with E-state index in [0.29, 0.717) is 18.1 Å². The summed E-state index contributed by atoms with van der Waals surface area (Å²) in [6, 6.07) is 8.98. The number of nitrogens with zero attached hydrogens (tertiary/aromatic N) is 4. The number of halogens is 1. The zero-order valence-electron chi connectivity index (χ0n) is 11.8. The summed E-state index contributed by atoms with van der Waals surface area (Å²) < 4.78 is 23.8. The van der Waals surface area contributed by atoms with Gasteiger partial charge >= 0.3 is 0 Å². The fraction of sp³-hybridized carbons (Fsp3) is 0.200. The fourth-order valence-electron chi connectivity index (χ4n) is 1.73. The molecule has 0 radical (unpaired) electrons. The van der Waals surface area contributed by atoms with Crippen LogP contribution in [0.5, 0.6) is 5.88 Å². The molecule has 0 saturated carbocycles. The van der Waals surface area contributed by atoms with Crippen LogP contribution in [0.3, 0.4) is 0 Å². The molecule has 0 saturated heterocycles. The van der Waals surface area contributed by atoms with Crippen molar-refractivity contribution in [2.45, 2.75) is 19.7 Å². The summed E-state index contributed by atoms with van der Waals surface area (Å²) in [4.78, 5) is 8.31. The molecule has 3 aromatic rings. The van der Waals surface area contributed by atoms with E-state index in [9.17, 15) is 4.39 Å². The maximum atomic E-state index is 13.1. The van der Waals surface area contributed by atoms with Crippen LogP contribution in [0.4, 0.5) is 4.39 Å². The van der Waals surface area contributed by atoms with Gasteiger partial charge in [0.25, 0.3) is 5.89 Å². The van der Waals surface area contributed by atoms with Gasteiger partial charge in [-0.2, -0.15) is 0 Å². The van der Waals surface area contributed by atoms with Crippen LogP contribution in [0.25, 0.3) is 11.5 Å². The molecule has 0 fully saturated rings. The van der Waals surface area contributed by atoms with Gasteiger partial charge in [-0.3, -0.25) is 4.98 Å². The molecule has 112 valence electrons. The number of rotatable bonds is 5. The van der Waals surface area contributed by atoms with Crippen LogP contribution >= 0.6 is 0 Å². The summed E-state index contributed by atoms with van der Waals surface area (Å²) in [6.45, 7) is 1.64. The van der Waals surface area contributed by atoms with Crippen molar-refractivity contribution >= 4 is 0 Å². The van der Waals surface area contributed by atoms with Gasteiger partial charge in [-0.05, 0) is 25.1 Å². The molecule has 0 spiro atoms. The molecule has 6 nitrogen and oxygen atoms in total. The van der Waals surface area contributed by atoms with E-state index in [1.165, 1.54) is 6.92 Å². The molecule has 1 atom stereocenters. The zero-order chi connectivity index (χ0) is 15.4. The van der Waals surface area contributed by atoms with E-state index in [1.54, 1.807) is 30.6 Å². The third-order valence-electron chi connectivity index (χ3n) is 2.86. The highest BCUT2D eigenvalue weighted by molar-refractivity contribution is 5.50. The van der Waals surface area contributed by atoms with Crippen molar-refractivity contribution in [1.29, 1.82) is 0 Å². The predicted octanol–water partition coefficient (Wildman–Crippen LogP) is 3.14. The molecule has 0 amide bonds. The number of pyridine rings is 2. The van der Waals surface area contributed by atoms with E-state index in [1.807, 2.05) is 12.1 Å². The van der Waals surface area contributed by atoms with Gasteiger partial charge in [0.2, 0.25) is 11.8 Å². The maximum absolute atomic E-state index is 13.1. The average Bonchev–Trinajstić information content (AvgIpc) is 3.05. The molecule has 0 bridgehead atoms. The smallest absolute Gasteiger partial charge is 0.250 e. The molecular formula is C15H13FN4O2. The lowest BCUT2D eigenvalue weighted by molar-refractivity contribution is 0.289. The van der Waals surface area contributed by atoms with Gasteiger partial charge in [0.1, 0.15) is 6.61 Å². The summed E-state index contributed by atoms with van der Waals surface area (Å²) in [5, 5.41) is 7.43. The Hall–Kier alpha value is -2.83. The molecule has 0 aromatic carbocycles. The summed E-state index contributed by atoms with van der Waals surface area (Å²) in [5.74, 6) is 0.730. The average molecular weight is 300 g/mol. The zero-order valence-corrected chi connectivity index (χ0v) is 11.8. The standard InChI is InChI=1S/C15H13FN4O2/c1-10(16)14-19-20-15(22-14)11-5-6-12(18-8-11)9-21-13-4-2-3-7-17-13/h2-8,10H,9H2,1H3. The Morgan fingerprint density at radius 1 is 1.18 bits per heavy atom. The molecule has 22 heavy (non-hydrogen) atoms. The normalized spacial score (nSPS) is 12.1. The minimum atomic E-state index is -1.29. The van der Waals surface area contributed by atoms with Crippen molar-refractivity contribution in [1.82, 2.24) is 20.2 Å². The lowest BCUT2D eigenvalue weighted by atomic mass is 10.2. The number of alkyl halides is 1. The highest BCUT2D eigenvalue weighted by Gasteiger charge is 2.14. The number of ether oxygens (including phenoxy) is 1. The summed E-state index contributed by atoms with van der Waals surface area (Å²) >= 11 is 0. The van der Waals surface area contributed by atoms with E-state index in [0.717, 1.165) is 5.69 Å². The van der Waals surface area contributed by atoms with E-state index >= 15 is 0 Å². The first-order chi connectivity index (χ1) is 10.7. The second kappa shape index (κ2) is 6.30. The van der Waals surface area contributed by atoms with Crippen LogP contribution in [0, 0.1) is 0 Å². The highest BCUT2D eigenvalue weighted by Crippen LogP contribution is 2.21. The van der Waals surface area contributed by atoms with Crippen LogP contribution in [-0.4, -0.2) is 20.2 Å². The van der Waals surface area contributed by atoms with Crippen molar-refractivity contribution < 1.29 is 13.5 Å². The van der Waals surface area contributed by atoms with E-state index in [-0.39, 0.29) is 11.8 Å². The number of hydrogen-bond donors (Lipinski definition) is 0. The fourth-order valence-corrected chi connectivity index (χ4v) is 1.73. The van der Waals surface area contributed by atoms with Gasteiger partial charge in [-0.1, -0.05) is 6.07 Å². The SMILES string of the molecule is CC(F)c1nnc(-c2ccc(COc3ccccn3)nc2)o1. The van der Waals surface area contributed by atoms with Crippen LogP contribution in [0.15, 0.2) is 47.1 Å². The van der Waals surface area contributed by atoms with Gasteiger partial charge in [0.05, 0.1) is 11.3 Å². The van der Waals surface area contributed by atoms with Crippen LogP contribution < -0.4 is 4.74 Å². The Kier molecular flexibility index (Phi) is 4.04. The minimum absolute atomic E-state index is 0.0439. The Balaban J connectivity index is 1.67. The largest absolute Gasteiger partial charge is 0.471 e. The molecule has 0 N–H and O–H groups in total. The highest BCUT2D eigenvalue weighted by atomic mass is 19.1. The van der Waals surface area contributed by atoms with Gasteiger partial charge in [-0.15, -0.1) is 10.2 Å². The molecule has 3 aromatic heterocycles. The second-order valence-corrected chi connectivity index (χ2v) is 4.56. The summed E-state index contributed by atoms with van der Waals surface area (Å²) in [7, 11) is 0. The molecule has 3 rings (SSSR count). The molecule has 0 aliphatic rings. The van der Waals surface area contributed by atoms with Crippen molar-refractivity contribution in [2.24, 2.45) is 0 Å². The first-order valence-corrected chi connectivity index (χ1v) is 6.69. The van der Waals surface area contributed by atoms with Gasteiger partial charge in [0.15, 0.2) is 6.17 Å². The quantitative estimate of drug-likeness (QED) is 0.720. The van der Waals surface area contributed by atoms with E-state index in [2.05, 4.69) is 20.2 Å².